The van der Waals surface area contributed by atoms with Gasteiger partial charge in [-0.1, -0.05) is 17.3 Å². The highest BCUT2D eigenvalue weighted by molar-refractivity contribution is 5.74. The summed E-state index contributed by atoms with van der Waals surface area (Å²) in [4.78, 5) is 8.74. The van der Waals surface area contributed by atoms with Crippen molar-refractivity contribution in [3.63, 3.8) is 0 Å². The van der Waals surface area contributed by atoms with Gasteiger partial charge in [0.2, 0.25) is 5.89 Å². The van der Waals surface area contributed by atoms with Crippen LogP contribution in [0.25, 0.3) is 0 Å². The van der Waals surface area contributed by atoms with E-state index in [0.29, 0.717) is 18.3 Å². The number of rotatable bonds is 8. The summed E-state index contributed by atoms with van der Waals surface area (Å²) in [5.74, 6) is 2.61. The molecule has 0 N–H and O–H groups in total. The predicted octanol–water partition coefficient (Wildman–Crippen LogP) is 3.81. The van der Waals surface area contributed by atoms with Crippen molar-refractivity contribution in [3.05, 3.63) is 53.3 Å². The molecule has 1 aromatic carbocycles. The summed E-state index contributed by atoms with van der Waals surface area (Å²) in [5, 5.41) is 3.62. The van der Waals surface area contributed by atoms with Gasteiger partial charge < -0.3 is 18.7 Å². The van der Waals surface area contributed by atoms with Gasteiger partial charge in [-0.2, -0.15) is 0 Å². The molecule has 0 aliphatic rings. The van der Waals surface area contributed by atoms with Gasteiger partial charge in [-0.3, -0.25) is 0 Å². The minimum atomic E-state index is 0.237. The van der Waals surface area contributed by atoms with E-state index in [1.165, 1.54) is 13.3 Å². The Hall–Kier alpha value is -2.76. The van der Waals surface area contributed by atoms with Crippen LogP contribution in [0.2, 0.25) is 0 Å². The van der Waals surface area contributed by atoms with Gasteiger partial charge >= 0.3 is 0 Å². The van der Waals surface area contributed by atoms with Gasteiger partial charge in [0.15, 0.2) is 12.4 Å². The molecular weight excluding hydrogens is 308 g/mol. The molecule has 1 aromatic heterocycles. The van der Waals surface area contributed by atoms with E-state index in [1.807, 2.05) is 45.1 Å². The summed E-state index contributed by atoms with van der Waals surface area (Å²) < 4.78 is 17.0. The normalized spacial score (nSPS) is 11.3. The summed E-state index contributed by atoms with van der Waals surface area (Å²) in [7, 11) is 1.47. The van der Waals surface area contributed by atoms with Crippen LogP contribution in [0, 0.1) is 13.8 Å². The van der Waals surface area contributed by atoms with Crippen molar-refractivity contribution in [2.75, 3.05) is 13.7 Å². The Bertz CT molecular complexity index is 697. The second-order valence-electron chi connectivity index (χ2n) is 5.13. The highest BCUT2D eigenvalue weighted by Gasteiger charge is 2.10. The minimum Gasteiger partial charge on any atom is -0.490 e. The van der Waals surface area contributed by atoms with Gasteiger partial charge in [0.25, 0.3) is 0 Å². The van der Waals surface area contributed by atoms with Crippen LogP contribution in [0.15, 0.2) is 40.1 Å². The number of nitrogens with zero attached hydrogens (tertiary/aromatic N) is 2. The first kappa shape index (κ1) is 17.6. The van der Waals surface area contributed by atoms with E-state index in [1.54, 1.807) is 6.20 Å². The molecule has 1 heterocycles. The monoisotopic (exact) mass is 330 g/mol. The molecule has 2 aromatic rings. The first-order valence-corrected chi connectivity index (χ1v) is 7.63. The van der Waals surface area contributed by atoms with Crippen LogP contribution in [-0.2, 0) is 11.4 Å². The van der Waals surface area contributed by atoms with Gasteiger partial charge in [0.1, 0.15) is 31.4 Å². The van der Waals surface area contributed by atoms with E-state index < -0.39 is 0 Å². The molecule has 0 saturated carbocycles. The lowest BCUT2D eigenvalue weighted by Gasteiger charge is -2.13. The zero-order chi connectivity index (χ0) is 17.4. The zero-order valence-corrected chi connectivity index (χ0v) is 14.4. The van der Waals surface area contributed by atoms with Crippen molar-refractivity contribution >= 4 is 6.21 Å². The van der Waals surface area contributed by atoms with Crippen LogP contribution >= 0.6 is 0 Å². The summed E-state index contributed by atoms with van der Waals surface area (Å²) >= 11 is 0. The average Bonchev–Trinajstić information content (AvgIpc) is 3.00. The highest BCUT2D eigenvalue weighted by Crippen LogP contribution is 2.29. The second kappa shape index (κ2) is 8.76. The van der Waals surface area contributed by atoms with Crippen LogP contribution in [0.4, 0.5) is 0 Å². The van der Waals surface area contributed by atoms with Gasteiger partial charge in [0, 0.05) is 0 Å². The van der Waals surface area contributed by atoms with Gasteiger partial charge in [-0.25, -0.2) is 4.98 Å². The Balaban J connectivity index is 2.01. The highest BCUT2D eigenvalue weighted by atomic mass is 16.6. The van der Waals surface area contributed by atoms with Crippen molar-refractivity contribution < 1.29 is 18.7 Å². The molecule has 0 radical (unpaired) electrons. The average molecular weight is 330 g/mol. The number of hydrogen-bond donors (Lipinski definition) is 0. The van der Waals surface area contributed by atoms with Gasteiger partial charge in [-0.15, -0.1) is 0 Å². The van der Waals surface area contributed by atoms with E-state index in [2.05, 4.69) is 15.0 Å². The van der Waals surface area contributed by atoms with E-state index in [4.69, 9.17) is 13.9 Å². The molecule has 6 heteroatoms. The molecule has 0 bridgehead atoms. The Kier molecular flexibility index (Phi) is 6.42. The van der Waals surface area contributed by atoms with Crippen molar-refractivity contribution in [3.8, 4) is 11.5 Å². The summed E-state index contributed by atoms with van der Waals surface area (Å²) in [5.41, 5.74) is 2.00. The molecule has 0 aliphatic carbocycles. The zero-order valence-electron chi connectivity index (χ0n) is 14.4. The maximum atomic E-state index is 5.85. The van der Waals surface area contributed by atoms with Crippen LogP contribution in [0.1, 0.15) is 29.7 Å². The standard InChI is InChI=1S/C18H22N2O4/c1-5-6-7-22-15-8-13(2)18(14(3)9-15)23-12-17-19-10-16(24-17)11-20-21-4/h5-6,8-11H,7,12H2,1-4H3/b6-5+,20-11?. The lowest BCUT2D eigenvalue weighted by molar-refractivity contribution is 0.214. The smallest absolute Gasteiger partial charge is 0.232 e. The molecule has 0 amide bonds. The lowest BCUT2D eigenvalue weighted by Crippen LogP contribution is -2.01. The van der Waals surface area contributed by atoms with E-state index >= 15 is 0 Å². The molecule has 0 aliphatic heterocycles. The number of aryl methyl sites for hydroxylation is 2. The van der Waals surface area contributed by atoms with E-state index in [0.717, 1.165) is 22.6 Å². The molecule has 0 saturated heterocycles. The third-order valence-electron chi connectivity index (χ3n) is 3.21. The summed E-state index contributed by atoms with van der Waals surface area (Å²) in [6.07, 6.45) is 6.93. The first-order valence-electron chi connectivity index (χ1n) is 7.63. The molecule has 24 heavy (non-hydrogen) atoms. The third kappa shape index (κ3) is 4.87. The van der Waals surface area contributed by atoms with Crippen molar-refractivity contribution in [2.45, 2.75) is 27.4 Å². The lowest BCUT2D eigenvalue weighted by atomic mass is 10.1. The quantitative estimate of drug-likeness (QED) is 0.418. The fraction of sp³-hybridized carbons (Fsp3) is 0.333. The SMILES string of the molecule is C/C=C/COc1cc(C)c(OCc2ncc(C=NOC)o2)c(C)c1. The van der Waals surface area contributed by atoms with Crippen LogP contribution in [0.5, 0.6) is 11.5 Å². The number of oxazole rings is 1. The maximum absolute atomic E-state index is 5.85. The molecule has 2 rings (SSSR count). The Morgan fingerprint density at radius 2 is 1.96 bits per heavy atom. The number of aromatic nitrogens is 1. The second-order valence-corrected chi connectivity index (χ2v) is 5.13. The molecule has 0 unspecified atom stereocenters. The minimum absolute atomic E-state index is 0.237. The Labute approximate surface area is 141 Å². The molecule has 0 fully saturated rings. The van der Waals surface area contributed by atoms with E-state index in [-0.39, 0.29) is 6.61 Å². The Morgan fingerprint density at radius 3 is 2.62 bits per heavy atom. The molecule has 0 atom stereocenters. The topological polar surface area (TPSA) is 66.1 Å². The van der Waals surface area contributed by atoms with Crippen LogP contribution in [-0.4, -0.2) is 24.9 Å². The number of allylic oxidation sites excluding steroid dienone is 1. The largest absolute Gasteiger partial charge is 0.490 e. The Morgan fingerprint density at radius 1 is 1.21 bits per heavy atom. The van der Waals surface area contributed by atoms with Crippen molar-refractivity contribution in [1.82, 2.24) is 4.98 Å². The fourth-order valence-electron chi connectivity index (χ4n) is 2.15. The van der Waals surface area contributed by atoms with Crippen LogP contribution < -0.4 is 9.47 Å². The molecule has 0 spiro atoms. The van der Waals surface area contributed by atoms with E-state index in [9.17, 15) is 0 Å². The number of benzene rings is 1. The van der Waals surface area contributed by atoms with Gasteiger partial charge in [0.05, 0.1) is 6.20 Å². The first-order chi connectivity index (χ1) is 11.6. The third-order valence-corrected chi connectivity index (χ3v) is 3.21. The molecule has 128 valence electrons. The number of ether oxygens (including phenoxy) is 2. The summed E-state index contributed by atoms with van der Waals surface area (Å²) in [6.45, 7) is 6.72. The van der Waals surface area contributed by atoms with Gasteiger partial charge in [-0.05, 0) is 44.0 Å². The van der Waals surface area contributed by atoms with Crippen LogP contribution in [0.3, 0.4) is 0 Å². The maximum Gasteiger partial charge on any atom is 0.232 e. The predicted molar refractivity (Wildman–Crippen MR) is 91.7 cm³/mol. The number of hydrogen-bond acceptors (Lipinski definition) is 6. The number of oxime groups is 1. The molecule has 6 nitrogen and oxygen atoms in total. The fourth-order valence-corrected chi connectivity index (χ4v) is 2.15. The van der Waals surface area contributed by atoms with Crippen molar-refractivity contribution in [1.29, 1.82) is 0 Å². The molecular formula is C18H22N2O4. The van der Waals surface area contributed by atoms with Crippen molar-refractivity contribution in [2.24, 2.45) is 5.16 Å². The summed E-state index contributed by atoms with van der Waals surface area (Å²) in [6, 6.07) is 3.91.